The Morgan fingerprint density at radius 1 is 1.25 bits per heavy atom. The minimum absolute atomic E-state index is 0.162. The quantitative estimate of drug-likeness (QED) is 0.904. The van der Waals surface area contributed by atoms with Crippen molar-refractivity contribution in [2.45, 2.75) is 39.3 Å². The van der Waals surface area contributed by atoms with Gasteiger partial charge in [-0.05, 0) is 39.8 Å². The van der Waals surface area contributed by atoms with Crippen molar-refractivity contribution in [3.05, 3.63) is 52.3 Å². The second kappa shape index (κ2) is 6.42. The molecule has 108 valence electrons. The van der Waals surface area contributed by atoms with Crippen molar-refractivity contribution in [2.75, 3.05) is 7.05 Å². The van der Waals surface area contributed by atoms with E-state index < -0.39 is 0 Å². The standard InChI is InChI=1S/C16H22ClN3/c1-11(2)20-16(14(17)10-19-20)15(18-4)9-13-7-5-12(3)6-8-13/h5-8,10-11,15,18H,9H2,1-4H3. The summed E-state index contributed by atoms with van der Waals surface area (Å²) in [6, 6.07) is 9.08. The average molecular weight is 292 g/mol. The van der Waals surface area contributed by atoms with Gasteiger partial charge in [-0.25, -0.2) is 0 Å². The zero-order valence-electron chi connectivity index (χ0n) is 12.5. The first-order chi connectivity index (χ1) is 9.52. The van der Waals surface area contributed by atoms with Gasteiger partial charge in [-0.1, -0.05) is 41.4 Å². The summed E-state index contributed by atoms with van der Waals surface area (Å²) in [5.41, 5.74) is 3.63. The fourth-order valence-corrected chi connectivity index (χ4v) is 2.65. The van der Waals surface area contributed by atoms with Crippen molar-refractivity contribution in [1.82, 2.24) is 15.1 Å². The molecule has 0 amide bonds. The molecule has 1 aromatic carbocycles. The van der Waals surface area contributed by atoms with E-state index in [2.05, 4.69) is 55.5 Å². The lowest BCUT2D eigenvalue weighted by atomic mass is 10.0. The van der Waals surface area contributed by atoms with Crippen LogP contribution in [0.2, 0.25) is 5.02 Å². The van der Waals surface area contributed by atoms with Crippen LogP contribution in [0.25, 0.3) is 0 Å². The van der Waals surface area contributed by atoms with Crippen LogP contribution in [0.4, 0.5) is 0 Å². The summed E-state index contributed by atoms with van der Waals surface area (Å²) in [6.07, 6.45) is 2.63. The first-order valence-electron chi connectivity index (χ1n) is 6.98. The van der Waals surface area contributed by atoms with E-state index in [4.69, 9.17) is 11.6 Å². The normalized spacial score (nSPS) is 12.9. The highest BCUT2D eigenvalue weighted by Gasteiger charge is 2.20. The Bertz CT molecular complexity index is 558. The zero-order valence-corrected chi connectivity index (χ0v) is 13.3. The SMILES string of the molecule is CNC(Cc1ccc(C)cc1)c1c(Cl)cnn1C(C)C. The van der Waals surface area contributed by atoms with E-state index in [1.54, 1.807) is 6.20 Å². The third-order valence-corrected chi connectivity index (χ3v) is 3.81. The molecule has 1 aromatic heterocycles. The van der Waals surface area contributed by atoms with Crippen molar-refractivity contribution in [2.24, 2.45) is 0 Å². The molecule has 0 radical (unpaired) electrons. The van der Waals surface area contributed by atoms with E-state index in [0.29, 0.717) is 6.04 Å². The van der Waals surface area contributed by atoms with Gasteiger partial charge in [0.25, 0.3) is 0 Å². The molecule has 20 heavy (non-hydrogen) atoms. The molecule has 3 nitrogen and oxygen atoms in total. The number of hydrogen-bond donors (Lipinski definition) is 1. The summed E-state index contributed by atoms with van der Waals surface area (Å²) in [7, 11) is 1.97. The second-order valence-electron chi connectivity index (χ2n) is 5.45. The van der Waals surface area contributed by atoms with Crippen LogP contribution in [0, 0.1) is 6.92 Å². The molecule has 0 bridgehead atoms. The number of nitrogens with zero attached hydrogens (tertiary/aromatic N) is 2. The van der Waals surface area contributed by atoms with Crippen molar-refractivity contribution in [1.29, 1.82) is 0 Å². The molecule has 0 fully saturated rings. The number of aromatic nitrogens is 2. The number of nitrogens with one attached hydrogen (secondary N) is 1. The molecule has 0 saturated heterocycles. The van der Waals surface area contributed by atoms with Gasteiger partial charge in [-0.3, -0.25) is 4.68 Å². The number of halogens is 1. The van der Waals surface area contributed by atoms with E-state index in [1.165, 1.54) is 11.1 Å². The first kappa shape index (κ1) is 15.1. The van der Waals surface area contributed by atoms with Gasteiger partial charge in [0, 0.05) is 6.04 Å². The van der Waals surface area contributed by atoms with E-state index in [-0.39, 0.29) is 6.04 Å². The molecule has 1 unspecified atom stereocenters. The molecule has 1 atom stereocenters. The molecule has 0 saturated carbocycles. The van der Waals surface area contributed by atoms with Crippen molar-refractivity contribution in [3.63, 3.8) is 0 Å². The Hall–Kier alpha value is -1.32. The predicted octanol–water partition coefficient (Wildman–Crippen LogP) is 3.93. The highest BCUT2D eigenvalue weighted by Crippen LogP contribution is 2.27. The molecule has 0 aliphatic heterocycles. The monoisotopic (exact) mass is 291 g/mol. The average Bonchev–Trinajstić information content (AvgIpc) is 2.80. The van der Waals surface area contributed by atoms with Crippen LogP contribution < -0.4 is 5.32 Å². The molecule has 1 N–H and O–H groups in total. The highest BCUT2D eigenvalue weighted by atomic mass is 35.5. The van der Waals surface area contributed by atoms with Gasteiger partial charge in [-0.2, -0.15) is 5.10 Å². The van der Waals surface area contributed by atoms with Crippen LogP contribution in [0.1, 0.15) is 42.8 Å². The largest absolute Gasteiger partial charge is 0.311 e. The molecule has 2 aromatic rings. The van der Waals surface area contributed by atoms with Crippen molar-refractivity contribution < 1.29 is 0 Å². The van der Waals surface area contributed by atoms with E-state index in [0.717, 1.165) is 17.1 Å². The molecule has 0 spiro atoms. The van der Waals surface area contributed by atoms with Crippen molar-refractivity contribution in [3.8, 4) is 0 Å². The summed E-state index contributed by atoms with van der Waals surface area (Å²) < 4.78 is 2.00. The van der Waals surface area contributed by atoms with Crippen LogP contribution in [0.15, 0.2) is 30.5 Å². The summed E-state index contributed by atoms with van der Waals surface area (Å²) in [5.74, 6) is 0. The third-order valence-electron chi connectivity index (χ3n) is 3.52. The maximum atomic E-state index is 6.33. The predicted molar refractivity (Wildman–Crippen MR) is 84.3 cm³/mol. The number of hydrogen-bond acceptors (Lipinski definition) is 2. The molecule has 0 aliphatic carbocycles. The smallest absolute Gasteiger partial charge is 0.0834 e. The second-order valence-corrected chi connectivity index (χ2v) is 5.85. The van der Waals surface area contributed by atoms with Gasteiger partial charge in [-0.15, -0.1) is 0 Å². The van der Waals surface area contributed by atoms with Crippen LogP contribution in [0.3, 0.4) is 0 Å². The van der Waals surface area contributed by atoms with Crippen molar-refractivity contribution >= 4 is 11.6 Å². The van der Waals surface area contributed by atoms with Crippen LogP contribution >= 0.6 is 11.6 Å². The van der Waals surface area contributed by atoms with Gasteiger partial charge >= 0.3 is 0 Å². The van der Waals surface area contributed by atoms with Gasteiger partial charge in [0.2, 0.25) is 0 Å². The topological polar surface area (TPSA) is 29.9 Å². The van der Waals surface area contributed by atoms with Crippen LogP contribution in [-0.4, -0.2) is 16.8 Å². The minimum Gasteiger partial charge on any atom is -0.311 e. The molecule has 0 aliphatic rings. The molecule has 4 heteroatoms. The fourth-order valence-electron chi connectivity index (χ4n) is 2.38. The first-order valence-corrected chi connectivity index (χ1v) is 7.36. The summed E-state index contributed by atoms with van der Waals surface area (Å²) >= 11 is 6.33. The minimum atomic E-state index is 0.162. The van der Waals surface area contributed by atoms with E-state index in [9.17, 15) is 0 Å². The Kier molecular flexibility index (Phi) is 4.84. The lowest BCUT2D eigenvalue weighted by Crippen LogP contribution is -2.23. The number of benzene rings is 1. The fraction of sp³-hybridized carbons (Fsp3) is 0.438. The summed E-state index contributed by atoms with van der Waals surface area (Å²) in [5, 5.41) is 8.47. The Balaban J connectivity index is 2.28. The lowest BCUT2D eigenvalue weighted by Gasteiger charge is -2.20. The summed E-state index contributed by atoms with van der Waals surface area (Å²) in [6.45, 7) is 6.33. The zero-order chi connectivity index (χ0) is 14.7. The van der Waals surface area contributed by atoms with E-state index in [1.807, 2.05) is 11.7 Å². The molecular formula is C16H22ClN3. The molecule has 2 rings (SSSR count). The number of aryl methyl sites for hydroxylation is 1. The van der Waals surface area contributed by atoms with Gasteiger partial charge in [0.05, 0.1) is 23.0 Å². The lowest BCUT2D eigenvalue weighted by molar-refractivity contribution is 0.460. The van der Waals surface area contributed by atoms with E-state index >= 15 is 0 Å². The number of rotatable bonds is 5. The van der Waals surface area contributed by atoms with Crippen LogP contribution in [-0.2, 0) is 6.42 Å². The highest BCUT2D eigenvalue weighted by molar-refractivity contribution is 6.31. The Labute approximate surface area is 126 Å². The maximum Gasteiger partial charge on any atom is 0.0834 e. The Morgan fingerprint density at radius 3 is 2.45 bits per heavy atom. The maximum absolute atomic E-state index is 6.33. The summed E-state index contributed by atoms with van der Waals surface area (Å²) in [4.78, 5) is 0. The number of likely N-dealkylation sites (N-methyl/N-ethyl adjacent to an activating group) is 1. The molecular weight excluding hydrogens is 270 g/mol. The van der Waals surface area contributed by atoms with Gasteiger partial charge < -0.3 is 5.32 Å². The molecule has 1 heterocycles. The van der Waals surface area contributed by atoms with Crippen LogP contribution in [0.5, 0.6) is 0 Å². The van der Waals surface area contributed by atoms with Gasteiger partial charge in [0.15, 0.2) is 0 Å². The van der Waals surface area contributed by atoms with Gasteiger partial charge in [0.1, 0.15) is 0 Å². The Morgan fingerprint density at radius 2 is 1.90 bits per heavy atom. The third kappa shape index (κ3) is 3.22.